The van der Waals surface area contributed by atoms with Gasteiger partial charge in [-0.05, 0) is 31.2 Å². The van der Waals surface area contributed by atoms with Gasteiger partial charge in [0.25, 0.3) is 0 Å². The van der Waals surface area contributed by atoms with Crippen molar-refractivity contribution in [1.29, 1.82) is 0 Å². The molecule has 0 fully saturated rings. The van der Waals surface area contributed by atoms with E-state index in [9.17, 15) is 23.5 Å². The summed E-state index contributed by atoms with van der Waals surface area (Å²) in [5.41, 5.74) is -1.33. The van der Waals surface area contributed by atoms with Crippen LogP contribution < -0.4 is 10.6 Å². The molecule has 0 aliphatic rings. The van der Waals surface area contributed by atoms with Gasteiger partial charge >= 0.3 is 11.8 Å². The second-order valence-corrected chi connectivity index (χ2v) is 6.18. The molecule has 1 atom stereocenters. The molecule has 1 heterocycles. The fourth-order valence-corrected chi connectivity index (χ4v) is 2.44. The number of amides is 2. The topological polar surface area (TPSA) is 91.6 Å². The number of furan rings is 1. The summed E-state index contributed by atoms with van der Waals surface area (Å²) in [4.78, 5) is 23.8. The zero-order valence-corrected chi connectivity index (χ0v) is 14.3. The van der Waals surface area contributed by atoms with E-state index >= 15 is 0 Å². The number of benzene rings is 2. The van der Waals surface area contributed by atoms with Crippen molar-refractivity contribution in [2.75, 3.05) is 11.9 Å². The lowest BCUT2D eigenvalue weighted by molar-refractivity contribution is -0.136. The van der Waals surface area contributed by atoms with Crippen molar-refractivity contribution >= 4 is 28.5 Å². The molecule has 1 unspecified atom stereocenters. The minimum Gasteiger partial charge on any atom is -0.458 e. The minimum absolute atomic E-state index is 0.217. The van der Waals surface area contributed by atoms with Crippen LogP contribution in [0.3, 0.4) is 0 Å². The standard InChI is InChI=1S/C19H16F2N2O4/c1-19(26,16-8-11-4-2-3-5-15(11)27-16)10-22-17(24)18(25)23-14-7-6-12(20)9-13(14)21/h2-9,26H,10H2,1H3,(H,22,24)(H,23,25). The normalized spacial score (nSPS) is 13.2. The number of halogens is 2. The van der Waals surface area contributed by atoms with Gasteiger partial charge in [0.2, 0.25) is 0 Å². The van der Waals surface area contributed by atoms with Crippen molar-refractivity contribution in [2.24, 2.45) is 0 Å². The van der Waals surface area contributed by atoms with Gasteiger partial charge in [0.1, 0.15) is 28.6 Å². The third kappa shape index (κ3) is 4.12. The highest BCUT2D eigenvalue weighted by Crippen LogP contribution is 2.27. The van der Waals surface area contributed by atoms with Gasteiger partial charge in [-0.15, -0.1) is 0 Å². The summed E-state index contributed by atoms with van der Waals surface area (Å²) < 4.78 is 32.0. The van der Waals surface area contributed by atoms with Crippen LogP contribution in [0.25, 0.3) is 11.0 Å². The van der Waals surface area contributed by atoms with E-state index < -0.39 is 29.0 Å². The Morgan fingerprint density at radius 2 is 1.85 bits per heavy atom. The molecule has 0 aliphatic carbocycles. The van der Waals surface area contributed by atoms with Gasteiger partial charge in [-0.2, -0.15) is 0 Å². The number of hydrogen-bond donors (Lipinski definition) is 3. The first kappa shape index (κ1) is 18.5. The van der Waals surface area contributed by atoms with Crippen molar-refractivity contribution in [2.45, 2.75) is 12.5 Å². The minimum atomic E-state index is -1.57. The summed E-state index contributed by atoms with van der Waals surface area (Å²) in [5.74, 6) is -3.84. The summed E-state index contributed by atoms with van der Waals surface area (Å²) in [6.07, 6.45) is 0. The van der Waals surface area contributed by atoms with E-state index in [0.717, 1.165) is 17.5 Å². The SMILES string of the molecule is CC(O)(CNC(=O)C(=O)Nc1ccc(F)cc1F)c1cc2ccccc2o1. The number of para-hydroxylation sites is 1. The molecule has 8 heteroatoms. The van der Waals surface area contributed by atoms with Crippen molar-refractivity contribution in [3.05, 3.63) is 65.9 Å². The Morgan fingerprint density at radius 3 is 2.56 bits per heavy atom. The van der Waals surface area contributed by atoms with Crippen LogP contribution in [-0.4, -0.2) is 23.5 Å². The third-order valence-electron chi connectivity index (χ3n) is 3.94. The molecule has 0 saturated carbocycles. The summed E-state index contributed by atoms with van der Waals surface area (Å²) in [6.45, 7) is 1.10. The quantitative estimate of drug-likeness (QED) is 0.613. The molecule has 0 bridgehead atoms. The summed E-state index contributed by atoms with van der Waals surface area (Å²) in [5, 5.41) is 15.6. The van der Waals surface area contributed by atoms with Crippen LogP contribution in [0.5, 0.6) is 0 Å². The average Bonchev–Trinajstić information content (AvgIpc) is 3.07. The van der Waals surface area contributed by atoms with Crippen LogP contribution in [0, 0.1) is 11.6 Å². The second kappa shape index (κ2) is 7.16. The van der Waals surface area contributed by atoms with Gasteiger partial charge in [-0.1, -0.05) is 18.2 Å². The number of rotatable bonds is 4. The smallest absolute Gasteiger partial charge is 0.313 e. The van der Waals surface area contributed by atoms with E-state index in [1.165, 1.54) is 6.92 Å². The Hall–Kier alpha value is -3.26. The van der Waals surface area contributed by atoms with E-state index in [1.807, 2.05) is 17.4 Å². The molecular weight excluding hydrogens is 358 g/mol. The van der Waals surface area contributed by atoms with Crippen LogP contribution in [0.15, 0.2) is 52.9 Å². The van der Waals surface area contributed by atoms with Crippen molar-refractivity contribution in [1.82, 2.24) is 5.32 Å². The molecule has 6 nitrogen and oxygen atoms in total. The molecule has 2 aromatic carbocycles. The molecule has 1 aromatic heterocycles. The second-order valence-electron chi connectivity index (χ2n) is 6.18. The Kier molecular flexibility index (Phi) is 4.91. The van der Waals surface area contributed by atoms with Gasteiger partial charge in [-0.3, -0.25) is 9.59 Å². The molecule has 0 aliphatic heterocycles. The highest BCUT2D eigenvalue weighted by molar-refractivity contribution is 6.39. The Balaban J connectivity index is 1.64. The fourth-order valence-electron chi connectivity index (χ4n) is 2.44. The molecule has 27 heavy (non-hydrogen) atoms. The molecule has 3 rings (SSSR count). The Labute approximate surface area is 152 Å². The van der Waals surface area contributed by atoms with Crippen LogP contribution in [0.2, 0.25) is 0 Å². The van der Waals surface area contributed by atoms with Crippen molar-refractivity contribution < 1.29 is 27.9 Å². The summed E-state index contributed by atoms with van der Waals surface area (Å²) >= 11 is 0. The molecule has 0 radical (unpaired) electrons. The largest absolute Gasteiger partial charge is 0.458 e. The van der Waals surface area contributed by atoms with Gasteiger partial charge < -0.3 is 20.2 Å². The maximum absolute atomic E-state index is 13.5. The molecule has 3 N–H and O–H groups in total. The van der Waals surface area contributed by atoms with Crippen LogP contribution in [-0.2, 0) is 15.2 Å². The summed E-state index contributed by atoms with van der Waals surface area (Å²) in [7, 11) is 0. The number of anilines is 1. The van der Waals surface area contributed by atoms with Gasteiger partial charge in [0.15, 0.2) is 0 Å². The highest BCUT2D eigenvalue weighted by atomic mass is 19.1. The number of hydrogen-bond acceptors (Lipinski definition) is 4. The number of nitrogens with one attached hydrogen (secondary N) is 2. The lowest BCUT2D eigenvalue weighted by Gasteiger charge is -2.20. The van der Waals surface area contributed by atoms with Crippen LogP contribution >= 0.6 is 0 Å². The molecule has 140 valence electrons. The predicted octanol–water partition coefficient (Wildman–Crippen LogP) is 2.67. The Morgan fingerprint density at radius 1 is 1.11 bits per heavy atom. The number of fused-ring (bicyclic) bond motifs is 1. The summed E-state index contributed by atoms with van der Waals surface area (Å²) in [6, 6.07) is 11.3. The monoisotopic (exact) mass is 374 g/mol. The number of carbonyl (C=O) groups excluding carboxylic acids is 2. The maximum Gasteiger partial charge on any atom is 0.313 e. The first-order valence-corrected chi connectivity index (χ1v) is 8.02. The molecule has 0 saturated heterocycles. The number of carbonyl (C=O) groups is 2. The number of aliphatic hydroxyl groups is 1. The zero-order valence-electron chi connectivity index (χ0n) is 14.3. The lowest BCUT2D eigenvalue weighted by Crippen LogP contribution is -2.43. The van der Waals surface area contributed by atoms with Gasteiger partial charge in [-0.25, -0.2) is 8.78 Å². The molecule has 3 aromatic rings. The zero-order chi connectivity index (χ0) is 19.6. The average molecular weight is 374 g/mol. The van der Waals surface area contributed by atoms with E-state index in [1.54, 1.807) is 18.2 Å². The molecule has 2 amide bonds. The highest BCUT2D eigenvalue weighted by Gasteiger charge is 2.29. The van der Waals surface area contributed by atoms with Gasteiger partial charge in [0.05, 0.1) is 12.2 Å². The molecular formula is C19H16F2N2O4. The van der Waals surface area contributed by atoms with E-state index in [-0.39, 0.29) is 18.0 Å². The van der Waals surface area contributed by atoms with E-state index in [4.69, 9.17) is 4.42 Å². The maximum atomic E-state index is 13.5. The van der Waals surface area contributed by atoms with Gasteiger partial charge in [0, 0.05) is 11.5 Å². The predicted molar refractivity (Wildman–Crippen MR) is 93.8 cm³/mol. The first-order valence-electron chi connectivity index (χ1n) is 8.02. The fraction of sp³-hybridized carbons (Fsp3) is 0.158. The Bertz CT molecular complexity index is 981. The van der Waals surface area contributed by atoms with E-state index in [2.05, 4.69) is 5.32 Å². The van der Waals surface area contributed by atoms with E-state index in [0.29, 0.717) is 11.6 Å². The van der Waals surface area contributed by atoms with Crippen LogP contribution in [0.1, 0.15) is 12.7 Å². The van der Waals surface area contributed by atoms with Crippen molar-refractivity contribution in [3.63, 3.8) is 0 Å². The lowest BCUT2D eigenvalue weighted by atomic mass is 10.0. The van der Waals surface area contributed by atoms with Crippen molar-refractivity contribution in [3.8, 4) is 0 Å². The van der Waals surface area contributed by atoms with Crippen LogP contribution in [0.4, 0.5) is 14.5 Å². The third-order valence-corrected chi connectivity index (χ3v) is 3.94. The first-order chi connectivity index (χ1) is 12.8. The molecule has 0 spiro atoms.